The number of halogens is 2. The van der Waals surface area contributed by atoms with Gasteiger partial charge in [-0.2, -0.15) is 10.2 Å². The summed E-state index contributed by atoms with van der Waals surface area (Å²) >= 11 is 0. The van der Waals surface area contributed by atoms with Gasteiger partial charge in [-0.05, 0) is 64.8 Å². The third kappa shape index (κ3) is 6.91. The maximum atomic E-state index is 14.4. The molecule has 0 bridgehead atoms. The Balaban J connectivity index is 1.38. The van der Waals surface area contributed by atoms with Crippen LogP contribution in [0.2, 0.25) is 0 Å². The van der Waals surface area contributed by atoms with Crippen molar-refractivity contribution in [2.24, 2.45) is 0 Å². The van der Waals surface area contributed by atoms with Gasteiger partial charge < -0.3 is 19.4 Å². The molecule has 0 spiro atoms. The van der Waals surface area contributed by atoms with E-state index in [9.17, 15) is 23.2 Å². The number of hydrogen-bond acceptors (Lipinski definition) is 7. The Kier molecular flexibility index (Phi) is 8.98. The molecule has 5 rings (SSSR count). The van der Waals surface area contributed by atoms with E-state index >= 15 is 0 Å². The third-order valence-corrected chi connectivity index (χ3v) is 9.03. The maximum absolute atomic E-state index is 14.4. The summed E-state index contributed by atoms with van der Waals surface area (Å²) < 4.78 is 33.6. The molecule has 1 aromatic heterocycles. The molecule has 0 N–H and O–H groups in total. The number of benzene rings is 1. The SMILES string of the molecule is CC1=C(C)C(=O)N(C[C@H]2CN(C(=O)OC(C)(C)C)[C@H](C)CN2CC(=O)N2CC(C)(C)c3nnc(Cc4ccc(F)cc4F)cc32)C1. The van der Waals surface area contributed by atoms with Crippen LogP contribution in [0.15, 0.2) is 35.4 Å². The first-order chi connectivity index (χ1) is 21.4. The lowest BCUT2D eigenvalue weighted by atomic mass is 9.91. The Labute approximate surface area is 269 Å². The van der Waals surface area contributed by atoms with Gasteiger partial charge >= 0.3 is 6.09 Å². The zero-order valence-electron chi connectivity index (χ0n) is 28.0. The van der Waals surface area contributed by atoms with Crippen LogP contribution in [0.1, 0.15) is 72.3 Å². The predicted octanol–water partition coefficient (Wildman–Crippen LogP) is 4.46. The van der Waals surface area contributed by atoms with Gasteiger partial charge in [-0.25, -0.2) is 13.6 Å². The Morgan fingerprint density at radius 3 is 2.43 bits per heavy atom. The highest BCUT2D eigenvalue weighted by Crippen LogP contribution is 2.39. The number of amides is 3. The van der Waals surface area contributed by atoms with Crippen LogP contribution in [-0.4, -0.2) is 99.8 Å². The number of carbonyl (C=O) groups excluding carboxylic acids is 3. The van der Waals surface area contributed by atoms with Crippen LogP contribution in [0.4, 0.5) is 19.3 Å². The number of ether oxygens (including phenoxy) is 1. The second kappa shape index (κ2) is 12.4. The highest BCUT2D eigenvalue weighted by molar-refractivity contribution is 5.97. The molecule has 2 aromatic rings. The quantitative estimate of drug-likeness (QED) is 0.461. The van der Waals surface area contributed by atoms with Crippen molar-refractivity contribution in [1.29, 1.82) is 0 Å². The lowest BCUT2D eigenvalue weighted by Crippen LogP contribution is -2.63. The summed E-state index contributed by atoms with van der Waals surface area (Å²) in [6.45, 7) is 17.2. The van der Waals surface area contributed by atoms with Crippen molar-refractivity contribution in [2.45, 2.75) is 84.9 Å². The van der Waals surface area contributed by atoms with Crippen LogP contribution < -0.4 is 4.90 Å². The molecule has 0 radical (unpaired) electrons. The molecule has 1 fully saturated rings. The fraction of sp³-hybridized carbons (Fsp3) is 0.559. The number of piperazine rings is 1. The number of rotatable bonds is 6. The Morgan fingerprint density at radius 2 is 1.80 bits per heavy atom. The number of fused-ring (bicyclic) bond motifs is 1. The van der Waals surface area contributed by atoms with Gasteiger partial charge in [0.2, 0.25) is 11.8 Å². The largest absolute Gasteiger partial charge is 0.444 e. The molecule has 0 unspecified atom stereocenters. The van der Waals surface area contributed by atoms with Crippen LogP contribution in [0.3, 0.4) is 0 Å². The van der Waals surface area contributed by atoms with Crippen LogP contribution in [0, 0.1) is 11.6 Å². The summed E-state index contributed by atoms with van der Waals surface area (Å²) in [5.74, 6) is -1.52. The monoisotopic (exact) mass is 638 g/mol. The average molecular weight is 639 g/mol. The summed E-state index contributed by atoms with van der Waals surface area (Å²) in [4.78, 5) is 47.6. The summed E-state index contributed by atoms with van der Waals surface area (Å²) in [7, 11) is 0. The summed E-state index contributed by atoms with van der Waals surface area (Å²) in [6, 6.07) is 4.64. The number of anilines is 1. The highest BCUT2D eigenvalue weighted by Gasteiger charge is 2.43. The molecule has 3 amide bonds. The van der Waals surface area contributed by atoms with Gasteiger partial charge in [0.15, 0.2) is 0 Å². The van der Waals surface area contributed by atoms with E-state index in [1.54, 1.807) is 20.8 Å². The van der Waals surface area contributed by atoms with Gasteiger partial charge in [0.25, 0.3) is 0 Å². The van der Waals surface area contributed by atoms with Gasteiger partial charge in [-0.1, -0.05) is 19.9 Å². The van der Waals surface area contributed by atoms with Gasteiger partial charge in [0, 0.05) is 68.3 Å². The van der Waals surface area contributed by atoms with E-state index in [1.807, 2.05) is 55.4 Å². The van der Waals surface area contributed by atoms with Gasteiger partial charge in [-0.15, -0.1) is 0 Å². The third-order valence-electron chi connectivity index (χ3n) is 9.03. The van der Waals surface area contributed by atoms with E-state index < -0.39 is 28.7 Å². The van der Waals surface area contributed by atoms with Crippen molar-refractivity contribution in [3.05, 3.63) is 64.0 Å². The molecule has 1 saturated heterocycles. The van der Waals surface area contributed by atoms with E-state index in [-0.39, 0.29) is 42.4 Å². The van der Waals surface area contributed by atoms with Crippen LogP contribution in [0.5, 0.6) is 0 Å². The van der Waals surface area contributed by atoms with E-state index in [0.29, 0.717) is 49.8 Å². The molecule has 2 atom stereocenters. The molecule has 46 heavy (non-hydrogen) atoms. The fourth-order valence-corrected chi connectivity index (χ4v) is 6.44. The number of nitrogens with zero attached hydrogens (tertiary/aromatic N) is 6. The van der Waals surface area contributed by atoms with Crippen molar-refractivity contribution in [3.63, 3.8) is 0 Å². The predicted molar refractivity (Wildman–Crippen MR) is 169 cm³/mol. The van der Waals surface area contributed by atoms with Crippen LogP contribution in [-0.2, 0) is 26.2 Å². The van der Waals surface area contributed by atoms with E-state index in [2.05, 4.69) is 15.1 Å². The molecule has 3 aliphatic rings. The normalized spacial score (nSPS) is 21.7. The molecular formula is C34H44F2N6O4. The van der Waals surface area contributed by atoms with Crippen molar-refractivity contribution in [1.82, 2.24) is 24.9 Å². The minimum absolute atomic E-state index is 0.0369. The molecule has 12 heteroatoms. The molecule has 4 heterocycles. The van der Waals surface area contributed by atoms with Crippen molar-refractivity contribution < 1.29 is 27.9 Å². The summed E-state index contributed by atoms with van der Waals surface area (Å²) in [5.41, 5.74) is 2.63. The highest BCUT2D eigenvalue weighted by atomic mass is 19.1. The Hall–Kier alpha value is -3.93. The Morgan fingerprint density at radius 1 is 1.09 bits per heavy atom. The van der Waals surface area contributed by atoms with E-state index in [1.165, 1.54) is 12.1 Å². The second-order valence-electron chi connectivity index (χ2n) is 14.5. The molecule has 248 valence electrons. The average Bonchev–Trinajstić information content (AvgIpc) is 3.36. The summed E-state index contributed by atoms with van der Waals surface area (Å²) in [6.07, 6.45) is -0.328. The number of carbonyl (C=O) groups is 3. The van der Waals surface area contributed by atoms with E-state index in [4.69, 9.17) is 4.74 Å². The van der Waals surface area contributed by atoms with Gasteiger partial charge in [-0.3, -0.25) is 14.5 Å². The topological polar surface area (TPSA) is 99.2 Å². The standard InChI is InChI=1S/C34H44F2N6O4/c1-20-14-40(31(44)22(20)3)16-26-17-41(32(45)46-33(4,5)6)21(2)15-39(26)18-29(43)42-19-34(7,8)30-28(42)13-25(37-38-30)11-23-9-10-24(35)12-27(23)36/h9-10,12-13,21,26H,11,14-19H2,1-8H3/t21-,26+/m1/s1. The first kappa shape index (κ1) is 33.4. The fourth-order valence-electron chi connectivity index (χ4n) is 6.44. The zero-order chi connectivity index (χ0) is 33.7. The molecule has 0 saturated carbocycles. The van der Waals surface area contributed by atoms with Crippen molar-refractivity contribution >= 4 is 23.6 Å². The number of aromatic nitrogens is 2. The zero-order valence-corrected chi connectivity index (χ0v) is 28.0. The number of hydrogen-bond donors (Lipinski definition) is 0. The first-order valence-electron chi connectivity index (χ1n) is 15.7. The molecule has 1 aromatic carbocycles. The lowest BCUT2D eigenvalue weighted by molar-refractivity contribution is -0.127. The van der Waals surface area contributed by atoms with E-state index in [0.717, 1.165) is 17.2 Å². The van der Waals surface area contributed by atoms with Gasteiger partial charge in [0.1, 0.15) is 17.2 Å². The van der Waals surface area contributed by atoms with Crippen molar-refractivity contribution in [2.75, 3.05) is 44.2 Å². The second-order valence-corrected chi connectivity index (χ2v) is 14.5. The molecule has 10 nitrogen and oxygen atoms in total. The van der Waals surface area contributed by atoms with Crippen molar-refractivity contribution in [3.8, 4) is 0 Å². The maximum Gasteiger partial charge on any atom is 0.410 e. The minimum Gasteiger partial charge on any atom is -0.444 e. The minimum atomic E-state index is -0.668. The lowest BCUT2D eigenvalue weighted by Gasteiger charge is -2.46. The first-order valence-corrected chi connectivity index (χ1v) is 15.7. The summed E-state index contributed by atoms with van der Waals surface area (Å²) in [5, 5.41) is 8.76. The Bertz CT molecular complexity index is 1590. The van der Waals surface area contributed by atoms with Gasteiger partial charge in [0.05, 0.1) is 23.6 Å². The smallest absolute Gasteiger partial charge is 0.410 e. The van der Waals surface area contributed by atoms with Crippen LogP contribution >= 0.6 is 0 Å². The molecule has 0 aliphatic carbocycles. The molecular weight excluding hydrogens is 594 g/mol. The molecule has 3 aliphatic heterocycles. The van der Waals surface area contributed by atoms with Crippen LogP contribution in [0.25, 0.3) is 0 Å².